The standard InChI is InChI=1S/C9H15N3O/c1-6(2)7-8(10)12-4-3-5-13-9(12)11-7/h6H,3-5,10H2,1-2H3. The fraction of sp³-hybridized carbons (Fsp3) is 0.667. The Morgan fingerprint density at radius 2 is 2.31 bits per heavy atom. The number of hydrogen-bond acceptors (Lipinski definition) is 3. The van der Waals surface area contributed by atoms with Gasteiger partial charge in [0.05, 0.1) is 12.3 Å². The van der Waals surface area contributed by atoms with Gasteiger partial charge in [-0.1, -0.05) is 13.8 Å². The lowest BCUT2D eigenvalue weighted by Gasteiger charge is -2.15. The summed E-state index contributed by atoms with van der Waals surface area (Å²) < 4.78 is 7.36. The molecule has 13 heavy (non-hydrogen) atoms. The largest absolute Gasteiger partial charge is 0.465 e. The van der Waals surface area contributed by atoms with Crippen LogP contribution in [0.15, 0.2) is 0 Å². The predicted octanol–water partition coefficient (Wildman–Crippen LogP) is 1.37. The highest BCUT2D eigenvalue weighted by Gasteiger charge is 2.20. The fourth-order valence-corrected chi connectivity index (χ4v) is 1.60. The summed E-state index contributed by atoms with van der Waals surface area (Å²) in [7, 11) is 0. The number of hydrogen-bond donors (Lipinski definition) is 1. The zero-order valence-electron chi connectivity index (χ0n) is 8.08. The Kier molecular flexibility index (Phi) is 1.90. The van der Waals surface area contributed by atoms with Crippen LogP contribution in [0.3, 0.4) is 0 Å². The summed E-state index contributed by atoms with van der Waals surface area (Å²) in [6.45, 7) is 5.87. The highest BCUT2D eigenvalue weighted by Crippen LogP contribution is 2.28. The third-order valence-corrected chi connectivity index (χ3v) is 2.30. The molecule has 2 rings (SSSR count). The van der Waals surface area contributed by atoms with Gasteiger partial charge in [-0.2, -0.15) is 4.98 Å². The lowest BCUT2D eigenvalue weighted by molar-refractivity contribution is 0.232. The Balaban J connectivity index is 2.44. The second-order valence-electron chi connectivity index (χ2n) is 3.67. The number of rotatable bonds is 1. The number of nitrogens with two attached hydrogens (primary N) is 1. The van der Waals surface area contributed by atoms with Crippen LogP contribution < -0.4 is 10.5 Å². The zero-order valence-corrected chi connectivity index (χ0v) is 8.08. The van der Waals surface area contributed by atoms with Gasteiger partial charge in [0.2, 0.25) is 0 Å². The molecular weight excluding hydrogens is 166 g/mol. The second kappa shape index (κ2) is 2.94. The maximum absolute atomic E-state index is 5.95. The molecule has 2 heterocycles. The number of ether oxygens (including phenoxy) is 1. The molecule has 0 fully saturated rings. The first kappa shape index (κ1) is 8.41. The van der Waals surface area contributed by atoms with Crippen LogP contribution in [-0.4, -0.2) is 16.2 Å². The normalized spacial score (nSPS) is 15.6. The first-order chi connectivity index (χ1) is 6.20. The van der Waals surface area contributed by atoms with E-state index in [0.717, 1.165) is 31.1 Å². The summed E-state index contributed by atoms with van der Waals surface area (Å²) in [5.74, 6) is 1.13. The lowest BCUT2D eigenvalue weighted by Crippen LogP contribution is -2.15. The molecule has 0 atom stereocenters. The summed E-state index contributed by atoms with van der Waals surface area (Å²) in [6, 6.07) is 0.687. The van der Waals surface area contributed by atoms with Gasteiger partial charge in [-0.3, -0.25) is 4.57 Å². The predicted molar refractivity (Wildman–Crippen MR) is 50.8 cm³/mol. The molecular formula is C9H15N3O. The van der Waals surface area contributed by atoms with Crippen molar-refractivity contribution < 1.29 is 4.74 Å². The molecule has 0 spiro atoms. The van der Waals surface area contributed by atoms with E-state index in [9.17, 15) is 0 Å². The van der Waals surface area contributed by atoms with Crippen molar-refractivity contribution >= 4 is 5.82 Å². The summed E-state index contributed by atoms with van der Waals surface area (Å²) in [5.41, 5.74) is 6.90. The molecule has 1 aliphatic rings. The van der Waals surface area contributed by atoms with Crippen molar-refractivity contribution in [3.05, 3.63) is 5.69 Å². The van der Waals surface area contributed by atoms with E-state index >= 15 is 0 Å². The first-order valence-electron chi connectivity index (χ1n) is 4.69. The molecule has 2 N–H and O–H groups in total. The fourth-order valence-electron chi connectivity index (χ4n) is 1.60. The van der Waals surface area contributed by atoms with Gasteiger partial charge in [-0.15, -0.1) is 0 Å². The van der Waals surface area contributed by atoms with Crippen LogP contribution >= 0.6 is 0 Å². The Hall–Kier alpha value is -1.19. The topological polar surface area (TPSA) is 53.1 Å². The van der Waals surface area contributed by atoms with Gasteiger partial charge >= 0.3 is 0 Å². The number of aromatic nitrogens is 2. The van der Waals surface area contributed by atoms with Gasteiger partial charge in [-0.25, -0.2) is 0 Å². The molecule has 1 aromatic heterocycles. The molecule has 4 heteroatoms. The molecule has 1 aromatic rings. The molecule has 0 saturated heterocycles. The number of nitrogens with zero attached hydrogens (tertiary/aromatic N) is 2. The van der Waals surface area contributed by atoms with Crippen molar-refractivity contribution in [2.45, 2.75) is 32.7 Å². The average Bonchev–Trinajstić information content (AvgIpc) is 2.45. The molecule has 0 amide bonds. The molecule has 0 unspecified atom stereocenters. The van der Waals surface area contributed by atoms with Crippen LogP contribution in [0.1, 0.15) is 31.9 Å². The molecule has 0 radical (unpaired) electrons. The smallest absolute Gasteiger partial charge is 0.298 e. The Morgan fingerprint density at radius 1 is 1.54 bits per heavy atom. The minimum Gasteiger partial charge on any atom is -0.465 e. The van der Waals surface area contributed by atoms with Gasteiger partial charge in [0.1, 0.15) is 5.82 Å². The molecule has 0 saturated carbocycles. The van der Waals surface area contributed by atoms with Crippen LogP contribution in [0, 0.1) is 0 Å². The van der Waals surface area contributed by atoms with Crippen molar-refractivity contribution in [2.24, 2.45) is 0 Å². The Labute approximate surface area is 77.7 Å². The van der Waals surface area contributed by atoms with E-state index in [1.807, 2.05) is 4.57 Å². The van der Waals surface area contributed by atoms with Crippen LogP contribution in [-0.2, 0) is 6.54 Å². The van der Waals surface area contributed by atoms with Gasteiger partial charge in [0, 0.05) is 6.54 Å². The third-order valence-electron chi connectivity index (χ3n) is 2.30. The third kappa shape index (κ3) is 1.26. The SMILES string of the molecule is CC(C)c1nc2n(c1N)CCCO2. The molecule has 0 aliphatic carbocycles. The summed E-state index contributed by atoms with van der Waals surface area (Å²) in [5, 5.41) is 0. The highest BCUT2D eigenvalue weighted by atomic mass is 16.5. The molecule has 4 nitrogen and oxygen atoms in total. The van der Waals surface area contributed by atoms with E-state index in [-0.39, 0.29) is 0 Å². The van der Waals surface area contributed by atoms with Crippen molar-refractivity contribution in [2.75, 3.05) is 12.3 Å². The van der Waals surface area contributed by atoms with Gasteiger partial charge in [0.15, 0.2) is 0 Å². The lowest BCUT2D eigenvalue weighted by atomic mass is 10.1. The Morgan fingerprint density at radius 3 is 2.92 bits per heavy atom. The van der Waals surface area contributed by atoms with Gasteiger partial charge in [-0.05, 0) is 12.3 Å². The first-order valence-corrected chi connectivity index (χ1v) is 4.69. The Bertz CT molecular complexity index is 317. The maximum atomic E-state index is 5.95. The summed E-state index contributed by atoms with van der Waals surface area (Å²) in [4.78, 5) is 4.37. The zero-order chi connectivity index (χ0) is 9.42. The summed E-state index contributed by atoms with van der Waals surface area (Å²) in [6.07, 6.45) is 1.02. The van der Waals surface area contributed by atoms with Crippen molar-refractivity contribution in [3.8, 4) is 6.01 Å². The van der Waals surface area contributed by atoms with E-state index in [0.29, 0.717) is 11.9 Å². The van der Waals surface area contributed by atoms with Crippen LogP contribution in [0.5, 0.6) is 6.01 Å². The number of anilines is 1. The quantitative estimate of drug-likeness (QED) is 0.712. The number of imidazole rings is 1. The van der Waals surface area contributed by atoms with E-state index in [1.54, 1.807) is 0 Å². The van der Waals surface area contributed by atoms with Crippen LogP contribution in [0.25, 0.3) is 0 Å². The van der Waals surface area contributed by atoms with E-state index in [4.69, 9.17) is 10.5 Å². The highest BCUT2D eigenvalue weighted by molar-refractivity contribution is 5.42. The molecule has 72 valence electrons. The van der Waals surface area contributed by atoms with E-state index < -0.39 is 0 Å². The minimum atomic E-state index is 0.363. The van der Waals surface area contributed by atoms with Crippen LogP contribution in [0.4, 0.5) is 5.82 Å². The molecule has 0 bridgehead atoms. The average molecular weight is 181 g/mol. The van der Waals surface area contributed by atoms with Gasteiger partial charge in [0.25, 0.3) is 6.01 Å². The van der Waals surface area contributed by atoms with Crippen molar-refractivity contribution in [3.63, 3.8) is 0 Å². The van der Waals surface area contributed by atoms with Crippen LogP contribution in [0.2, 0.25) is 0 Å². The second-order valence-corrected chi connectivity index (χ2v) is 3.67. The number of nitrogen functional groups attached to an aromatic ring is 1. The number of fused-ring (bicyclic) bond motifs is 1. The van der Waals surface area contributed by atoms with Crippen molar-refractivity contribution in [1.82, 2.24) is 9.55 Å². The maximum Gasteiger partial charge on any atom is 0.298 e. The van der Waals surface area contributed by atoms with Gasteiger partial charge < -0.3 is 10.5 Å². The molecule has 0 aromatic carbocycles. The molecule has 1 aliphatic heterocycles. The van der Waals surface area contributed by atoms with E-state index in [2.05, 4.69) is 18.8 Å². The van der Waals surface area contributed by atoms with Crippen molar-refractivity contribution in [1.29, 1.82) is 0 Å². The van der Waals surface area contributed by atoms with E-state index in [1.165, 1.54) is 0 Å². The summed E-state index contributed by atoms with van der Waals surface area (Å²) >= 11 is 0. The monoisotopic (exact) mass is 181 g/mol. The minimum absolute atomic E-state index is 0.363.